The molecule has 0 aliphatic carbocycles. The molecule has 1 rings (SSSR count). The number of carbonyl (C=O) groups excluding carboxylic acids is 1. The fourth-order valence-corrected chi connectivity index (χ4v) is 2.19. The van der Waals surface area contributed by atoms with Crippen molar-refractivity contribution in [2.24, 2.45) is 17.1 Å². The van der Waals surface area contributed by atoms with E-state index < -0.39 is 0 Å². The average Bonchev–Trinajstić information content (AvgIpc) is 2.71. The Morgan fingerprint density at radius 3 is 2.53 bits per heavy atom. The zero-order chi connectivity index (χ0) is 13.8. The molecule has 0 aromatic carbocycles. The summed E-state index contributed by atoms with van der Waals surface area (Å²) in [6, 6.07) is 0. The number of amides is 1. The maximum Gasteiger partial charge on any atom is 0.251 e. The Kier molecular flexibility index (Phi) is 7.94. The number of carbonyl (C=O) groups is 1. The van der Waals surface area contributed by atoms with Crippen molar-refractivity contribution < 1.29 is 9.53 Å². The third kappa shape index (κ3) is 5.67. The van der Waals surface area contributed by atoms with E-state index in [1.165, 1.54) is 0 Å². The van der Waals surface area contributed by atoms with Crippen molar-refractivity contribution in [3.63, 3.8) is 0 Å². The summed E-state index contributed by atoms with van der Waals surface area (Å²) in [5.74, 6) is 0.718. The third-order valence-corrected chi connectivity index (χ3v) is 3.77. The summed E-state index contributed by atoms with van der Waals surface area (Å²) in [5.41, 5.74) is 5.84. The van der Waals surface area contributed by atoms with E-state index in [1.54, 1.807) is 0 Å². The minimum atomic E-state index is -0.330. The molecular weight excluding hydrogens is 264 g/mol. The smallest absolute Gasteiger partial charge is 0.251 e. The summed E-state index contributed by atoms with van der Waals surface area (Å²) in [7, 11) is 0. The lowest BCUT2D eigenvalue weighted by Crippen LogP contribution is -2.40. The SMILES string of the molecule is CC(C)CCOC(C)C(=O)N1CCC(C)(CN)C1.Cl. The van der Waals surface area contributed by atoms with Gasteiger partial charge in [-0.15, -0.1) is 12.4 Å². The van der Waals surface area contributed by atoms with E-state index in [9.17, 15) is 4.79 Å². The normalized spacial score (nSPS) is 24.4. The van der Waals surface area contributed by atoms with E-state index in [0.29, 0.717) is 19.1 Å². The molecule has 2 unspecified atom stereocenters. The first-order valence-electron chi connectivity index (χ1n) is 6.98. The highest BCUT2D eigenvalue weighted by molar-refractivity contribution is 5.85. The van der Waals surface area contributed by atoms with Crippen LogP contribution >= 0.6 is 12.4 Å². The minimum Gasteiger partial charge on any atom is -0.369 e. The molecule has 114 valence electrons. The molecule has 1 heterocycles. The second kappa shape index (κ2) is 8.08. The molecule has 2 atom stereocenters. The summed E-state index contributed by atoms with van der Waals surface area (Å²) >= 11 is 0. The largest absolute Gasteiger partial charge is 0.369 e. The van der Waals surface area contributed by atoms with Gasteiger partial charge in [-0.2, -0.15) is 0 Å². The maximum atomic E-state index is 12.2. The number of nitrogens with zero attached hydrogens (tertiary/aromatic N) is 1. The van der Waals surface area contributed by atoms with Crippen LogP contribution in [0.2, 0.25) is 0 Å². The fraction of sp³-hybridized carbons (Fsp3) is 0.929. The number of likely N-dealkylation sites (tertiary alicyclic amines) is 1. The molecule has 0 aromatic heterocycles. The van der Waals surface area contributed by atoms with Crippen LogP contribution in [0.4, 0.5) is 0 Å². The van der Waals surface area contributed by atoms with Crippen LogP contribution in [0.3, 0.4) is 0 Å². The molecule has 5 heteroatoms. The molecule has 1 amide bonds. The number of halogens is 1. The summed E-state index contributed by atoms with van der Waals surface area (Å²) in [6.07, 6.45) is 1.66. The van der Waals surface area contributed by atoms with Crippen LogP contribution in [0.15, 0.2) is 0 Å². The fourth-order valence-electron chi connectivity index (χ4n) is 2.19. The number of nitrogens with two attached hydrogens (primary N) is 1. The summed E-state index contributed by atoms with van der Waals surface area (Å²) in [4.78, 5) is 14.1. The van der Waals surface area contributed by atoms with Crippen LogP contribution in [0.1, 0.15) is 40.5 Å². The van der Waals surface area contributed by atoms with Crippen molar-refractivity contribution in [2.45, 2.75) is 46.6 Å². The van der Waals surface area contributed by atoms with Gasteiger partial charge in [0.05, 0.1) is 0 Å². The van der Waals surface area contributed by atoms with Crippen molar-refractivity contribution in [3.8, 4) is 0 Å². The Morgan fingerprint density at radius 1 is 1.42 bits per heavy atom. The quantitative estimate of drug-likeness (QED) is 0.815. The van der Waals surface area contributed by atoms with Crippen molar-refractivity contribution in [1.29, 1.82) is 0 Å². The van der Waals surface area contributed by atoms with Gasteiger partial charge in [0.25, 0.3) is 5.91 Å². The molecule has 2 N–H and O–H groups in total. The Labute approximate surface area is 123 Å². The van der Waals surface area contributed by atoms with Gasteiger partial charge in [-0.25, -0.2) is 0 Å². The van der Waals surface area contributed by atoms with E-state index in [4.69, 9.17) is 10.5 Å². The summed E-state index contributed by atoms with van der Waals surface area (Å²) in [5, 5.41) is 0. The predicted molar refractivity (Wildman–Crippen MR) is 80.5 cm³/mol. The first-order chi connectivity index (χ1) is 8.38. The lowest BCUT2D eigenvalue weighted by Gasteiger charge is -2.24. The molecule has 1 saturated heterocycles. The van der Waals surface area contributed by atoms with E-state index in [1.807, 2.05) is 11.8 Å². The van der Waals surface area contributed by atoms with Crippen molar-refractivity contribution in [3.05, 3.63) is 0 Å². The third-order valence-electron chi connectivity index (χ3n) is 3.77. The van der Waals surface area contributed by atoms with Gasteiger partial charge in [-0.05, 0) is 37.6 Å². The van der Waals surface area contributed by atoms with Gasteiger partial charge in [0.2, 0.25) is 0 Å². The standard InChI is InChI=1S/C14H28N2O2.ClH/c1-11(2)5-8-18-12(3)13(17)16-7-6-14(4,9-15)10-16;/h11-12H,5-10,15H2,1-4H3;1H. The van der Waals surface area contributed by atoms with Crippen molar-refractivity contribution in [1.82, 2.24) is 4.90 Å². The molecule has 0 aromatic rings. The number of rotatable bonds is 6. The van der Waals surface area contributed by atoms with Crippen LogP contribution in [-0.4, -0.2) is 43.2 Å². The molecule has 1 fully saturated rings. The van der Waals surface area contributed by atoms with Gasteiger partial charge in [0, 0.05) is 19.7 Å². The van der Waals surface area contributed by atoms with Gasteiger partial charge in [-0.1, -0.05) is 20.8 Å². The van der Waals surface area contributed by atoms with Crippen LogP contribution in [0.25, 0.3) is 0 Å². The van der Waals surface area contributed by atoms with Crippen molar-refractivity contribution in [2.75, 3.05) is 26.2 Å². The molecule has 0 bridgehead atoms. The van der Waals surface area contributed by atoms with Crippen LogP contribution < -0.4 is 5.73 Å². The lowest BCUT2D eigenvalue weighted by molar-refractivity contribution is -0.142. The predicted octanol–water partition coefficient (Wildman–Crippen LogP) is 2.06. The molecule has 0 saturated carbocycles. The Balaban J connectivity index is 0.00000324. The zero-order valence-electron chi connectivity index (χ0n) is 12.6. The van der Waals surface area contributed by atoms with Crippen LogP contribution in [0.5, 0.6) is 0 Å². The van der Waals surface area contributed by atoms with E-state index >= 15 is 0 Å². The first-order valence-corrected chi connectivity index (χ1v) is 6.98. The van der Waals surface area contributed by atoms with Gasteiger partial charge < -0.3 is 15.4 Å². The van der Waals surface area contributed by atoms with E-state index in [2.05, 4.69) is 20.8 Å². The molecule has 0 spiro atoms. The number of ether oxygens (including phenoxy) is 1. The van der Waals surface area contributed by atoms with Crippen LogP contribution in [0, 0.1) is 11.3 Å². The second-order valence-corrected chi connectivity index (χ2v) is 6.22. The highest BCUT2D eigenvalue weighted by Gasteiger charge is 2.36. The van der Waals surface area contributed by atoms with E-state index in [-0.39, 0.29) is 29.8 Å². The van der Waals surface area contributed by atoms with Crippen LogP contribution in [-0.2, 0) is 9.53 Å². The molecule has 19 heavy (non-hydrogen) atoms. The topological polar surface area (TPSA) is 55.6 Å². The number of hydrogen-bond donors (Lipinski definition) is 1. The second-order valence-electron chi connectivity index (χ2n) is 6.22. The highest BCUT2D eigenvalue weighted by Crippen LogP contribution is 2.28. The number of hydrogen-bond acceptors (Lipinski definition) is 3. The van der Waals surface area contributed by atoms with Crippen molar-refractivity contribution >= 4 is 18.3 Å². The first kappa shape index (κ1) is 18.7. The zero-order valence-corrected chi connectivity index (χ0v) is 13.5. The Morgan fingerprint density at radius 2 is 2.05 bits per heavy atom. The molecule has 4 nitrogen and oxygen atoms in total. The lowest BCUT2D eigenvalue weighted by atomic mass is 9.90. The molecule has 1 aliphatic rings. The van der Waals surface area contributed by atoms with Gasteiger partial charge in [0.1, 0.15) is 6.10 Å². The molecular formula is C14H29ClN2O2. The highest BCUT2D eigenvalue weighted by atomic mass is 35.5. The summed E-state index contributed by atoms with van der Waals surface area (Å²) < 4.78 is 5.61. The average molecular weight is 293 g/mol. The maximum absolute atomic E-state index is 12.2. The van der Waals surface area contributed by atoms with Gasteiger partial charge in [-0.3, -0.25) is 4.79 Å². The Hall–Kier alpha value is -0.320. The molecule has 0 radical (unpaired) electrons. The van der Waals surface area contributed by atoms with Gasteiger partial charge in [0.15, 0.2) is 0 Å². The monoisotopic (exact) mass is 292 g/mol. The van der Waals surface area contributed by atoms with Gasteiger partial charge >= 0.3 is 0 Å². The Bertz CT molecular complexity index is 287. The minimum absolute atomic E-state index is 0. The summed E-state index contributed by atoms with van der Waals surface area (Å²) in [6.45, 7) is 11.2. The van der Waals surface area contributed by atoms with E-state index in [0.717, 1.165) is 25.9 Å². The molecule has 1 aliphatic heterocycles.